The molecule has 67 heavy (non-hydrogen) atoms. The summed E-state index contributed by atoms with van der Waals surface area (Å²) in [5.74, 6) is 0.124. The minimum Gasteiger partial charge on any atom is -0.364 e. The molecular weight excluding hydrogens is 847 g/mol. The van der Waals surface area contributed by atoms with E-state index >= 15 is 0 Å². The third-order valence-corrected chi connectivity index (χ3v) is 10.9. The zero-order valence-corrected chi connectivity index (χ0v) is 37.2. The summed E-state index contributed by atoms with van der Waals surface area (Å²) in [6.07, 6.45) is 9.94. The van der Waals surface area contributed by atoms with Crippen molar-refractivity contribution in [3.05, 3.63) is 144 Å². The summed E-state index contributed by atoms with van der Waals surface area (Å²) in [6.45, 7) is 7.90. The molecule has 0 atom stereocenters. The monoisotopic (exact) mass is 895 g/mol. The van der Waals surface area contributed by atoms with E-state index in [4.69, 9.17) is 5.73 Å². The Hall–Kier alpha value is -8.56. The number of rotatable bonds is 13. The molecule has 1 saturated carbocycles. The van der Waals surface area contributed by atoms with Crippen molar-refractivity contribution in [3.63, 3.8) is 0 Å². The number of carbonyl (C=O) groups excluding carboxylic acids is 3. The van der Waals surface area contributed by atoms with Crippen molar-refractivity contribution >= 4 is 52.3 Å². The van der Waals surface area contributed by atoms with Gasteiger partial charge in [-0.05, 0) is 104 Å². The van der Waals surface area contributed by atoms with E-state index in [0.29, 0.717) is 65.7 Å². The lowest BCUT2D eigenvalue weighted by atomic mass is 9.79. The van der Waals surface area contributed by atoms with E-state index in [0.717, 1.165) is 52.9 Å². The van der Waals surface area contributed by atoms with Crippen LogP contribution in [0.1, 0.15) is 76.9 Å². The summed E-state index contributed by atoms with van der Waals surface area (Å²) in [6, 6.07) is 32.2. The summed E-state index contributed by atoms with van der Waals surface area (Å²) >= 11 is 0. The molecule has 18 nitrogen and oxygen atoms in total. The van der Waals surface area contributed by atoms with Gasteiger partial charge < -0.3 is 32.3 Å². The largest absolute Gasteiger partial charge is 0.364 e. The number of amides is 3. The molecule has 1 aliphatic heterocycles. The average molecular weight is 896 g/mol. The Morgan fingerprint density at radius 3 is 1.85 bits per heavy atom. The Kier molecular flexibility index (Phi) is 13.5. The van der Waals surface area contributed by atoms with Gasteiger partial charge >= 0.3 is 0 Å². The molecule has 0 bridgehead atoms. The zero-order chi connectivity index (χ0) is 46.9. The van der Waals surface area contributed by atoms with Crippen molar-refractivity contribution in [3.8, 4) is 28.3 Å². The first kappa shape index (κ1) is 45.0. The lowest BCUT2D eigenvalue weighted by molar-refractivity contribution is 0.0944. The van der Waals surface area contributed by atoms with Crippen LogP contribution in [0.5, 0.6) is 0 Å². The molecule has 18 heteroatoms. The molecule has 7 N–H and O–H groups in total. The van der Waals surface area contributed by atoms with E-state index in [2.05, 4.69) is 62.8 Å². The number of nitrogens with two attached hydrogens (primary N) is 1. The lowest BCUT2D eigenvalue weighted by Gasteiger charge is -2.35. The van der Waals surface area contributed by atoms with Gasteiger partial charge in [-0.15, -0.1) is 10.2 Å². The highest BCUT2D eigenvalue weighted by atomic mass is 16.2. The molecule has 7 heterocycles. The quantitative estimate of drug-likeness (QED) is 0.0716. The maximum absolute atomic E-state index is 12.2. The normalized spacial score (nSPS) is 13.4. The van der Waals surface area contributed by atoms with Gasteiger partial charge in [-0.3, -0.25) is 19.4 Å². The number of anilines is 4. The van der Waals surface area contributed by atoms with Crippen molar-refractivity contribution in [2.75, 3.05) is 30.3 Å². The van der Waals surface area contributed by atoms with E-state index in [1.807, 2.05) is 87.6 Å². The fraction of sp³-hybridized carbons (Fsp3) is 0.224. The van der Waals surface area contributed by atoms with E-state index < -0.39 is 11.3 Å². The number of nitriles is 1. The average Bonchev–Trinajstić information content (AvgIpc) is 3.91. The second kappa shape index (κ2) is 20.1. The summed E-state index contributed by atoms with van der Waals surface area (Å²) in [7, 11) is 0. The molecule has 10 rings (SSSR count). The van der Waals surface area contributed by atoms with Crippen LogP contribution >= 0.6 is 0 Å². The highest BCUT2D eigenvalue weighted by molar-refractivity contribution is 5.95. The predicted molar refractivity (Wildman–Crippen MR) is 255 cm³/mol. The van der Waals surface area contributed by atoms with Crippen molar-refractivity contribution in [2.24, 2.45) is 5.73 Å². The topological polar surface area (TPSA) is 247 Å². The van der Waals surface area contributed by atoms with Gasteiger partial charge in [0.2, 0.25) is 11.9 Å². The number of fused-ring (bicyclic) bond motifs is 2. The first-order valence-electron chi connectivity index (χ1n) is 22.1. The minimum absolute atomic E-state index is 0.0431. The van der Waals surface area contributed by atoms with E-state index in [1.54, 1.807) is 51.8 Å². The van der Waals surface area contributed by atoms with Crippen LogP contribution in [0.15, 0.2) is 122 Å². The molecular formula is C49H49N15O3. The number of benzene rings is 2. The van der Waals surface area contributed by atoms with Gasteiger partial charge in [0.05, 0.1) is 23.6 Å². The van der Waals surface area contributed by atoms with Crippen LogP contribution in [0.4, 0.5) is 23.3 Å². The molecule has 1 saturated heterocycles. The number of nitrogens with zero attached hydrogens (tertiary/aromatic N) is 9. The third-order valence-electron chi connectivity index (χ3n) is 10.9. The van der Waals surface area contributed by atoms with Gasteiger partial charge in [0, 0.05) is 77.8 Å². The summed E-state index contributed by atoms with van der Waals surface area (Å²) in [5.41, 5.74) is 13.3. The Morgan fingerprint density at radius 1 is 0.746 bits per heavy atom. The van der Waals surface area contributed by atoms with Gasteiger partial charge in [-0.25, -0.2) is 14.0 Å². The Bertz CT molecular complexity index is 3060. The molecule has 6 aromatic heterocycles. The van der Waals surface area contributed by atoms with Crippen LogP contribution in [0, 0.1) is 11.3 Å². The van der Waals surface area contributed by atoms with Crippen LogP contribution in [0.2, 0.25) is 0 Å². The third kappa shape index (κ3) is 10.2. The predicted octanol–water partition coefficient (Wildman–Crippen LogP) is 6.59. The van der Waals surface area contributed by atoms with Gasteiger partial charge in [0.15, 0.2) is 11.3 Å². The highest BCUT2D eigenvalue weighted by Crippen LogP contribution is 2.30. The second-order valence-corrected chi connectivity index (χ2v) is 15.7. The number of nitrogens with one attached hydrogen (secondary N) is 5. The fourth-order valence-electron chi connectivity index (χ4n) is 7.11. The molecule has 2 aromatic carbocycles. The smallest absolute Gasteiger partial charge is 0.267 e. The van der Waals surface area contributed by atoms with Crippen LogP contribution in [-0.2, 0) is 5.41 Å². The molecule has 8 aromatic rings. The van der Waals surface area contributed by atoms with Crippen molar-refractivity contribution in [2.45, 2.75) is 51.5 Å². The SMILES string of the molecule is CC.CCCNC(=O)c1ccc(-c2cccn3nc(Nc4ccc(C(N)=O)nc4)nc23)cc1.N#CC1(c2ccc(-c3cccn4nc(Nc5ccc(C(=O)NC6CC6)cc5)nc34)cn2)CNC1. The number of carbonyl (C=O) groups is 3. The molecule has 338 valence electrons. The molecule has 2 fully saturated rings. The molecule has 0 unspecified atom stereocenters. The van der Waals surface area contributed by atoms with Crippen molar-refractivity contribution in [1.82, 2.24) is 55.1 Å². The molecule has 0 spiro atoms. The van der Waals surface area contributed by atoms with Gasteiger partial charge in [-0.2, -0.15) is 15.2 Å². The standard InChI is InChI=1S/C25H22N8O.C22H21N7O2.C2H6/c26-13-25(14-27-15-25)21-10-5-17(12-28-21)20-2-1-11-33-22(20)31-24(32-33)30-19-6-3-16(4-7-19)23(34)29-18-8-9-18;1-2-11-24-21(31)15-7-5-14(6-8-15)17-4-3-12-29-20(17)27-22(28-29)26-16-9-10-18(19(23)30)25-13-16;1-2/h1-7,10-12,18,27H,8-9,14-15H2,(H,29,34)(H,30,32);3-10,12-13H,2,11H2,1H3,(H2,23,30)(H,24,31)(H,26,28);1-2H3. The molecule has 1 aliphatic carbocycles. The highest BCUT2D eigenvalue weighted by Gasteiger charge is 2.40. The van der Waals surface area contributed by atoms with Crippen molar-refractivity contribution in [1.29, 1.82) is 5.26 Å². The first-order valence-corrected chi connectivity index (χ1v) is 22.1. The van der Waals surface area contributed by atoms with Crippen LogP contribution in [0.25, 0.3) is 33.5 Å². The van der Waals surface area contributed by atoms with Gasteiger partial charge in [0.1, 0.15) is 11.1 Å². The summed E-state index contributed by atoms with van der Waals surface area (Å²) in [4.78, 5) is 53.3. The second-order valence-electron chi connectivity index (χ2n) is 15.7. The first-order chi connectivity index (χ1) is 32.7. The number of hydrogen-bond acceptors (Lipinski definition) is 13. The molecule has 2 aliphatic rings. The maximum atomic E-state index is 12.2. The van der Waals surface area contributed by atoms with Gasteiger partial charge in [0.25, 0.3) is 17.7 Å². The van der Waals surface area contributed by atoms with Crippen LogP contribution in [-0.4, -0.2) is 82.6 Å². The molecule has 0 radical (unpaired) electrons. The number of pyridine rings is 4. The summed E-state index contributed by atoms with van der Waals surface area (Å²) < 4.78 is 3.39. The zero-order valence-electron chi connectivity index (χ0n) is 37.2. The Balaban J connectivity index is 0.000000176. The summed E-state index contributed by atoms with van der Waals surface area (Å²) in [5, 5.41) is 33.8. The van der Waals surface area contributed by atoms with Gasteiger partial charge in [-0.1, -0.05) is 39.0 Å². The van der Waals surface area contributed by atoms with Crippen molar-refractivity contribution < 1.29 is 14.4 Å². The number of hydrogen-bond donors (Lipinski definition) is 6. The van der Waals surface area contributed by atoms with Crippen LogP contribution in [0.3, 0.4) is 0 Å². The van der Waals surface area contributed by atoms with E-state index in [9.17, 15) is 19.6 Å². The number of aromatic nitrogens is 8. The number of primary amides is 1. The maximum Gasteiger partial charge on any atom is 0.267 e. The minimum atomic E-state index is -0.587. The van der Waals surface area contributed by atoms with E-state index in [1.165, 1.54) is 12.3 Å². The Morgan fingerprint density at radius 2 is 1.33 bits per heavy atom. The lowest BCUT2D eigenvalue weighted by Crippen LogP contribution is -2.56. The fourth-order valence-corrected chi connectivity index (χ4v) is 7.11. The Labute approximate surface area is 386 Å². The van der Waals surface area contributed by atoms with Crippen LogP contribution < -0.4 is 32.3 Å². The van der Waals surface area contributed by atoms with E-state index in [-0.39, 0.29) is 17.5 Å². The molecule has 3 amide bonds.